The van der Waals surface area contributed by atoms with Crippen molar-refractivity contribution in [1.82, 2.24) is 14.8 Å². The number of nitrogens with zero attached hydrogens (tertiary/aromatic N) is 3. The maximum Gasteiger partial charge on any atom is 0.137 e. The van der Waals surface area contributed by atoms with Crippen molar-refractivity contribution in [3.8, 4) is 0 Å². The standard InChI is InChI=1S/C12H14F2N4O.CH4/c1-8(15)12(19,5-18-7-16-6-17-18)10-3-2-9(13)4-11(10)14;/h2-4,6-8,19H,5,15H2,1H3;1H4/t8-,12+;/m0./s1/i1D3;. The molecule has 1 heterocycles. The van der Waals surface area contributed by atoms with Gasteiger partial charge < -0.3 is 10.8 Å². The highest BCUT2D eigenvalue weighted by molar-refractivity contribution is 5.26. The predicted molar refractivity (Wildman–Crippen MR) is 70.7 cm³/mol. The summed E-state index contributed by atoms with van der Waals surface area (Å²) in [5.41, 5.74) is 2.90. The van der Waals surface area contributed by atoms with Crippen LogP contribution in [0.4, 0.5) is 8.78 Å². The van der Waals surface area contributed by atoms with Gasteiger partial charge in [0.1, 0.15) is 29.9 Å². The van der Waals surface area contributed by atoms with E-state index < -0.39 is 42.2 Å². The Morgan fingerprint density at radius 1 is 1.55 bits per heavy atom. The molecule has 2 atom stereocenters. The van der Waals surface area contributed by atoms with E-state index in [1.54, 1.807) is 0 Å². The number of benzene rings is 1. The molecule has 0 aliphatic heterocycles. The number of nitrogens with two attached hydrogens (primary N) is 1. The molecule has 3 N–H and O–H groups in total. The normalized spacial score (nSPS) is 18.1. The van der Waals surface area contributed by atoms with Crippen molar-refractivity contribution >= 4 is 0 Å². The van der Waals surface area contributed by atoms with Crippen LogP contribution in [0.5, 0.6) is 0 Å². The Morgan fingerprint density at radius 2 is 2.30 bits per heavy atom. The van der Waals surface area contributed by atoms with Crippen molar-refractivity contribution in [3.05, 3.63) is 48.1 Å². The fourth-order valence-corrected chi connectivity index (χ4v) is 1.75. The Morgan fingerprint density at radius 3 is 2.85 bits per heavy atom. The van der Waals surface area contributed by atoms with Gasteiger partial charge in [0.2, 0.25) is 0 Å². The maximum absolute atomic E-state index is 14.0. The van der Waals surface area contributed by atoms with Crippen molar-refractivity contribution in [3.63, 3.8) is 0 Å². The molecule has 0 saturated heterocycles. The van der Waals surface area contributed by atoms with Crippen LogP contribution in [0.25, 0.3) is 0 Å². The zero-order chi connectivity index (χ0) is 16.5. The molecule has 2 rings (SSSR count). The van der Waals surface area contributed by atoms with Gasteiger partial charge in [-0.1, -0.05) is 13.5 Å². The summed E-state index contributed by atoms with van der Waals surface area (Å²) < 4.78 is 50.4. The first-order valence-corrected chi connectivity index (χ1v) is 5.40. The van der Waals surface area contributed by atoms with Gasteiger partial charge in [-0.05, 0) is 12.9 Å². The average Bonchev–Trinajstić information content (AvgIpc) is 2.89. The Hall–Kier alpha value is -1.86. The van der Waals surface area contributed by atoms with Crippen LogP contribution in [0, 0.1) is 11.6 Å². The quantitative estimate of drug-likeness (QED) is 0.891. The number of hydrogen-bond acceptors (Lipinski definition) is 4. The molecule has 0 fully saturated rings. The van der Waals surface area contributed by atoms with Crippen LogP contribution in [0.1, 0.15) is 24.0 Å². The van der Waals surface area contributed by atoms with Crippen molar-refractivity contribution in [1.29, 1.82) is 0 Å². The van der Waals surface area contributed by atoms with E-state index in [1.165, 1.54) is 12.7 Å². The van der Waals surface area contributed by atoms with Gasteiger partial charge in [-0.15, -0.1) is 0 Å². The smallest absolute Gasteiger partial charge is 0.137 e. The topological polar surface area (TPSA) is 77.0 Å². The summed E-state index contributed by atoms with van der Waals surface area (Å²) in [6.45, 7) is -3.22. The molecular weight excluding hydrogens is 266 g/mol. The molecule has 0 aliphatic carbocycles. The summed E-state index contributed by atoms with van der Waals surface area (Å²) in [5.74, 6) is -1.95. The molecule has 0 amide bonds. The van der Waals surface area contributed by atoms with Crippen LogP contribution in [0.15, 0.2) is 30.9 Å². The van der Waals surface area contributed by atoms with Gasteiger partial charge in [0.25, 0.3) is 0 Å². The minimum atomic E-state index is -2.77. The van der Waals surface area contributed by atoms with Crippen molar-refractivity contribution in [2.24, 2.45) is 5.73 Å². The minimum Gasteiger partial charge on any atom is -0.381 e. The minimum absolute atomic E-state index is 0. The SMILES string of the molecule is C.[2H]C([2H])([2H])[C@H](N)[C@](O)(Cn1cncn1)c1ccc(F)cc1F. The van der Waals surface area contributed by atoms with Crippen LogP contribution in [0.2, 0.25) is 0 Å². The molecule has 7 heteroatoms. The lowest BCUT2D eigenvalue weighted by atomic mass is 9.87. The van der Waals surface area contributed by atoms with Gasteiger partial charge in [-0.2, -0.15) is 5.10 Å². The number of aromatic nitrogens is 3. The molecule has 110 valence electrons. The van der Waals surface area contributed by atoms with Crippen LogP contribution >= 0.6 is 0 Å². The lowest BCUT2D eigenvalue weighted by Gasteiger charge is -2.32. The third-order valence-electron chi connectivity index (χ3n) is 2.78. The van der Waals surface area contributed by atoms with E-state index >= 15 is 0 Å². The molecule has 5 nitrogen and oxygen atoms in total. The molecule has 0 spiro atoms. The number of aliphatic hydroxyl groups is 1. The number of halogens is 2. The summed E-state index contributed by atoms with van der Waals surface area (Å²) >= 11 is 0. The van der Waals surface area contributed by atoms with E-state index in [4.69, 9.17) is 9.85 Å². The summed E-state index contributed by atoms with van der Waals surface area (Å²) in [7, 11) is 0. The zero-order valence-corrected chi connectivity index (χ0v) is 9.79. The van der Waals surface area contributed by atoms with E-state index in [0.717, 1.165) is 16.8 Å². The summed E-state index contributed by atoms with van der Waals surface area (Å²) in [6.07, 6.45) is 2.39. The van der Waals surface area contributed by atoms with E-state index in [9.17, 15) is 13.9 Å². The summed E-state index contributed by atoms with van der Waals surface area (Å²) in [6, 6.07) is 0.613. The lowest BCUT2D eigenvalue weighted by molar-refractivity contribution is -0.00856. The van der Waals surface area contributed by atoms with E-state index in [2.05, 4.69) is 10.1 Å². The highest BCUT2D eigenvalue weighted by Crippen LogP contribution is 2.28. The second kappa shape index (κ2) is 6.06. The first-order valence-electron chi connectivity index (χ1n) is 6.90. The Bertz CT molecular complexity index is 651. The second-order valence-corrected chi connectivity index (χ2v) is 4.12. The molecule has 1 aromatic heterocycles. The third kappa shape index (κ3) is 3.00. The zero-order valence-electron chi connectivity index (χ0n) is 12.8. The molecule has 0 unspecified atom stereocenters. The Labute approximate surface area is 120 Å². The van der Waals surface area contributed by atoms with Crippen molar-refractivity contribution < 1.29 is 18.0 Å². The van der Waals surface area contributed by atoms with Crippen LogP contribution in [-0.4, -0.2) is 25.9 Å². The summed E-state index contributed by atoms with van der Waals surface area (Å²) in [5, 5.41) is 14.5. The van der Waals surface area contributed by atoms with Gasteiger partial charge in [-0.3, -0.25) is 0 Å². The molecule has 0 bridgehead atoms. The van der Waals surface area contributed by atoms with E-state index in [0.29, 0.717) is 6.07 Å². The lowest BCUT2D eigenvalue weighted by Crippen LogP contribution is -2.47. The summed E-state index contributed by atoms with van der Waals surface area (Å²) in [4.78, 5) is 3.66. The number of hydrogen-bond donors (Lipinski definition) is 2. The molecule has 0 radical (unpaired) electrons. The van der Waals surface area contributed by atoms with Gasteiger partial charge in [-0.25, -0.2) is 18.4 Å². The van der Waals surface area contributed by atoms with Crippen LogP contribution in [-0.2, 0) is 12.1 Å². The Balaban J connectivity index is 0.00000264. The van der Waals surface area contributed by atoms with Gasteiger partial charge in [0, 0.05) is 21.8 Å². The Kier molecular flexibility index (Phi) is 3.61. The number of rotatable bonds is 4. The molecule has 0 aliphatic rings. The van der Waals surface area contributed by atoms with Gasteiger partial charge in [0.05, 0.1) is 6.54 Å². The first kappa shape index (κ1) is 11.9. The first-order chi connectivity index (χ1) is 10.1. The van der Waals surface area contributed by atoms with Crippen LogP contribution in [0.3, 0.4) is 0 Å². The van der Waals surface area contributed by atoms with Crippen molar-refractivity contribution in [2.75, 3.05) is 0 Å². The highest BCUT2D eigenvalue weighted by atomic mass is 19.1. The highest BCUT2D eigenvalue weighted by Gasteiger charge is 2.37. The average molecular weight is 287 g/mol. The third-order valence-corrected chi connectivity index (χ3v) is 2.78. The van der Waals surface area contributed by atoms with Crippen LogP contribution < -0.4 is 5.73 Å². The maximum atomic E-state index is 14.0. The van der Waals surface area contributed by atoms with E-state index in [1.807, 2.05) is 0 Å². The molecule has 0 saturated carbocycles. The molecule has 2 aromatic rings. The van der Waals surface area contributed by atoms with E-state index in [-0.39, 0.29) is 7.43 Å². The molecular formula is C13H18F2N4O. The van der Waals surface area contributed by atoms with Crippen molar-refractivity contribution in [2.45, 2.75) is 32.5 Å². The fraction of sp³-hybridized carbons (Fsp3) is 0.385. The van der Waals surface area contributed by atoms with Gasteiger partial charge in [0.15, 0.2) is 0 Å². The monoisotopic (exact) mass is 287 g/mol. The second-order valence-electron chi connectivity index (χ2n) is 4.12. The molecule has 20 heavy (non-hydrogen) atoms. The fourth-order valence-electron chi connectivity index (χ4n) is 1.75. The molecule has 1 aromatic carbocycles. The predicted octanol–water partition coefficient (Wildman–Crippen LogP) is 1.43. The van der Waals surface area contributed by atoms with Gasteiger partial charge >= 0.3 is 0 Å². The largest absolute Gasteiger partial charge is 0.381 e.